The SMILES string of the molecule is Cc1cc(C)c2c(CC(=O)N/N=C3\CCCc4oc(C(=O)Oc5cc(C)c(Cl)c(C)c5)c(C)c43)coc2c1. The van der Waals surface area contributed by atoms with Gasteiger partial charge < -0.3 is 13.6 Å². The van der Waals surface area contributed by atoms with Gasteiger partial charge >= 0.3 is 5.97 Å². The Hall–Kier alpha value is -3.84. The van der Waals surface area contributed by atoms with Gasteiger partial charge in [-0.15, -0.1) is 0 Å². The molecule has 38 heavy (non-hydrogen) atoms. The van der Waals surface area contributed by atoms with Crippen LogP contribution in [0.25, 0.3) is 11.0 Å². The minimum atomic E-state index is -0.584. The number of esters is 1. The number of carbonyl (C=O) groups excluding carboxylic acids is 2. The molecule has 2 heterocycles. The van der Waals surface area contributed by atoms with Crippen LogP contribution < -0.4 is 10.2 Å². The highest BCUT2D eigenvalue weighted by molar-refractivity contribution is 6.32. The predicted octanol–water partition coefficient (Wildman–Crippen LogP) is 6.84. The van der Waals surface area contributed by atoms with E-state index in [-0.39, 0.29) is 18.1 Å². The molecule has 0 bridgehead atoms. The van der Waals surface area contributed by atoms with Crippen LogP contribution in [0.1, 0.15) is 68.1 Å². The number of amides is 1. The van der Waals surface area contributed by atoms with Crippen molar-refractivity contribution in [2.24, 2.45) is 5.10 Å². The molecule has 0 saturated heterocycles. The van der Waals surface area contributed by atoms with E-state index in [1.54, 1.807) is 18.4 Å². The van der Waals surface area contributed by atoms with Crippen LogP contribution in [-0.4, -0.2) is 17.6 Å². The molecule has 0 fully saturated rings. The number of hydrazone groups is 1. The number of nitrogens with zero attached hydrogens (tertiary/aromatic N) is 1. The lowest BCUT2D eigenvalue weighted by Crippen LogP contribution is -2.23. The third-order valence-electron chi connectivity index (χ3n) is 6.89. The quantitative estimate of drug-likeness (QED) is 0.172. The lowest BCUT2D eigenvalue weighted by atomic mass is 9.93. The molecule has 1 aliphatic carbocycles. The number of hydrogen-bond donors (Lipinski definition) is 1. The molecule has 2 aromatic heterocycles. The second-order valence-electron chi connectivity index (χ2n) is 9.95. The molecule has 7 nitrogen and oxygen atoms in total. The maximum Gasteiger partial charge on any atom is 0.379 e. The van der Waals surface area contributed by atoms with Gasteiger partial charge in [0, 0.05) is 33.5 Å². The van der Waals surface area contributed by atoms with Gasteiger partial charge in [-0.25, -0.2) is 10.2 Å². The van der Waals surface area contributed by atoms with Gasteiger partial charge in [-0.3, -0.25) is 4.79 Å². The molecule has 0 atom stereocenters. The van der Waals surface area contributed by atoms with Crippen LogP contribution in [0.15, 0.2) is 44.5 Å². The molecular formula is C30H29ClN2O5. The topological polar surface area (TPSA) is 94.0 Å². The zero-order valence-corrected chi connectivity index (χ0v) is 22.8. The monoisotopic (exact) mass is 532 g/mol. The van der Waals surface area contributed by atoms with Gasteiger partial charge in [0.15, 0.2) is 0 Å². The minimum absolute atomic E-state index is 0.136. The Morgan fingerprint density at radius 2 is 1.76 bits per heavy atom. The van der Waals surface area contributed by atoms with E-state index in [0.29, 0.717) is 40.6 Å². The van der Waals surface area contributed by atoms with E-state index in [9.17, 15) is 9.59 Å². The second kappa shape index (κ2) is 10.1. The Bertz CT molecular complexity index is 1600. The van der Waals surface area contributed by atoms with E-state index in [2.05, 4.69) is 16.6 Å². The Morgan fingerprint density at radius 3 is 2.50 bits per heavy atom. The molecule has 2 aromatic carbocycles. The summed E-state index contributed by atoms with van der Waals surface area (Å²) in [5.41, 5.74) is 10.2. The van der Waals surface area contributed by atoms with E-state index < -0.39 is 5.97 Å². The summed E-state index contributed by atoms with van der Waals surface area (Å²) in [5.74, 6) is 0.378. The number of hydrogen-bond acceptors (Lipinski definition) is 6. The molecule has 5 rings (SSSR count). The molecule has 1 N–H and O–H groups in total. The number of benzene rings is 2. The van der Waals surface area contributed by atoms with Crippen LogP contribution >= 0.6 is 11.6 Å². The lowest BCUT2D eigenvalue weighted by Gasteiger charge is -2.13. The Balaban J connectivity index is 1.34. The van der Waals surface area contributed by atoms with Gasteiger partial charge in [0.05, 0.1) is 18.4 Å². The molecule has 0 radical (unpaired) electrons. The standard InChI is InChI=1S/C30H29ClN2O5/c1-15-9-16(2)26-20(14-36-24(26)10-15)13-25(34)33-32-22-7-6-8-23-27(22)19(5)29(38-23)30(35)37-21-11-17(3)28(31)18(4)12-21/h9-12,14H,6-8,13H2,1-5H3,(H,33,34)/b32-22+. The van der Waals surface area contributed by atoms with E-state index >= 15 is 0 Å². The summed E-state index contributed by atoms with van der Waals surface area (Å²) in [6.07, 6.45) is 3.90. The van der Waals surface area contributed by atoms with Gasteiger partial charge in [-0.1, -0.05) is 17.7 Å². The molecule has 1 amide bonds. The summed E-state index contributed by atoms with van der Waals surface area (Å²) in [7, 11) is 0. The van der Waals surface area contributed by atoms with Crippen molar-refractivity contribution < 1.29 is 23.2 Å². The molecule has 8 heteroatoms. The van der Waals surface area contributed by atoms with E-state index in [0.717, 1.165) is 50.8 Å². The van der Waals surface area contributed by atoms with Crippen molar-refractivity contribution in [2.75, 3.05) is 0 Å². The number of furan rings is 2. The fraction of sp³-hybridized carbons (Fsp3) is 0.300. The number of ether oxygens (including phenoxy) is 1. The van der Waals surface area contributed by atoms with Crippen molar-refractivity contribution in [1.29, 1.82) is 0 Å². The summed E-state index contributed by atoms with van der Waals surface area (Å²) in [6.45, 7) is 9.55. The van der Waals surface area contributed by atoms with Crippen molar-refractivity contribution in [3.8, 4) is 5.75 Å². The van der Waals surface area contributed by atoms with Crippen molar-refractivity contribution in [2.45, 2.75) is 60.3 Å². The van der Waals surface area contributed by atoms with Crippen LogP contribution in [-0.2, 0) is 17.6 Å². The molecule has 1 aliphatic rings. The number of fused-ring (bicyclic) bond motifs is 2. The predicted molar refractivity (Wildman–Crippen MR) is 146 cm³/mol. The van der Waals surface area contributed by atoms with Gasteiger partial charge in [-0.2, -0.15) is 5.10 Å². The summed E-state index contributed by atoms with van der Waals surface area (Å²) in [5, 5.41) is 6.03. The van der Waals surface area contributed by atoms with Crippen molar-refractivity contribution in [1.82, 2.24) is 5.43 Å². The van der Waals surface area contributed by atoms with Gasteiger partial charge in [0.1, 0.15) is 17.1 Å². The van der Waals surface area contributed by atoms with Crippen LogP contribution in [0.4, 0.5) is 0 Å². The van der Waals surface area contributed by atoms with Crippen molar-refractivity contribution >= 4 is 40.2 Å². The molecule has 196 valence electrons. The first-order valence-corrected chi connectivity index (χ1v) is 12.9. The fourth-order valence-corrected chi connectivity index (χ4v) is 5.30. The smallest absolute Gasteiger partial charge is 0.379 e. The van der Waals surface area contributed by atoms with Crippen molar-refractivity contribution in [3.63, 3.8) is 0 Å². The summed E-state index contributed by atoms with van der Waals surface area (Å²) < 4.78 is 17.2. The number of rotatable bonds is 5. The summed E-state index contributed by atoms with van der Waals surface area (Å²) >= 11 is 6.24. The molecule has 0 saturated carbocycles. The summed E-state index contributed by atoms with van der Waals surface area (Å²) in [6, 6.07) is 7.48. The van der Waals surface area contributed by atoms with Crippen molar-refractivity contribution in [3.05, 3.63) is 86.0 Å². The average Bonchev–Trinajstić information content (AvgIpc) is 3.42. The number of nitrogens with one attached hydrogen (secondary N) is 1. The first-order valence-electron chi connectivity index (χ1n) is 12.6. The number of aryl methyl sites for hydroxylation is 5. The normalized spacial score (nSPS) is 14.1. The third kappa shape index (κ3) is 4.86. The fourth-order valence-electron chi connectivity index (χ4n) is 5.19. The van der Waals surface area contributed by atoms with Crippen LogP contribution in [0.2, 0.25) is 5.02 Å². The van der Waals surface area contributed by atoms with Gasteiger partial charge in [0.2, 0.25) is 11.7 Å². The Kier molecular flexibility index (Phi) is 6.88. The molecule has 0 aliphatic heterocycles. The van der Waals surface area contributed by atoms with E-state index in [1.807, 2.05) is 40.7 Å². The first kappa shape index (κ1) is 25.8. The third-order valence-corrected chi connectivity index (χ3v) is 7.49. The largest absolute Gasteiger partial charge is 0.464 e. The maximum atomic E-state index is 13.0. The van der Waals surface area contributed by atoms with Crippen LogP contribution in [0, 0.1) is 34.6 Å². The lowest BCUT2D eigenvalue weighted by molar-refractivity contribution is -0.120. The summed E-state index contributed by atoms with van der Waals surface area (Å²) in [4.78, 5) is 25.8. The second-order valence-corrected chi connectivity index (χ2v) is 10.3. The maximum absolute atomic E-state index is 13.0. The Morgan fingerprint density at radius 1 is 1.03 bits per heavy atom. The molecule has 0 spiro atoms. The molecule has 4 aromatic rings. The zero-order valence-electron chi connectivity index (χ0n) is 22.1. The Labute approximate surface area is 225 Å². The van der Waals surface area contributed by atoms with E-state index in [4.69, 9.17) is 25.2 Å². The number of halogens is 1. The molecular weight excluding hydrogens is 504 g/mol. The van der Waals surface area contributed by atoms with E-state index in [1.165, 1.54) is 0 Å². The van der Waals surface area contributed by atoms with Gasteiger partial charge in [-0.05, 0) is 87.9 Å². The first-order chi connectivity index (χ1) is 18.1. The average molecular weight is 533 g/mol. The van der Waals surface area contributed by atoms with Crippen LogP contribution in [0.5, 0.6) is 5.75 Å². The number of carbonyl (C=O) groups is 2. The zero-order chi connectivity index (χ0) is 27.1. The minimum Gasteiger partial charge on any atom is -0.464 e. The van der Waals surface area contributed by atoms with Crippen LogP contribution in [0.3, 0.4) is 0 Å². The van der Waals surface area contributed by atoms with Gasteiger partial charge in [0.25, 0.3) is 0 Å². The molecule has 0 unspecified atom stereocenters. The highest BCUT2D eigenvalue weighted by atomic mass is 35.5. The highest BCUT2D eigenvalue weighted by Gasteiger charge is 2.29. The highest BCUT2D eigenvalue weighted by Crippen LogP contribution is 2.32.